The van der Waals surface area contributed by atoms with Gasteiger partial charge in [-0.25, -0.2) is 14.8 Å². The van der Waals surface area contributed by atoms with Crippen LogP contribution in [-0.4, -0.2) is 45.7 Å². The molecule has 2 atom stereocenters. The highest BCUT2D eigenvalue weighted by atomic mass is 16.5. The van der Waals surface area contributed by atoms with E-state index < -0.39 is 18.1 Å². The van der Waals surface area contributed by atoms with E-state index in [1.165, 1.54) is 0 Å². The van der Waals surface area contributed by atoms with Gasteiger partial charge in [-0.15, -0.1) is 0 Å². The zero-order valence-corrected chi connectivity index (χ0v) is 12.9. The molecule has 0 unspecified atom stereocenters. The minimum atomic E-state index is -1.07. The molecule has 0 aliphatic carbocycles. The van der Waals surface area contributed by atoms with Gasteiger partial charge >= 0.3 is 5.97 Å². The first-order valence-corrected chi connectivity index (χ1v) is 7.36. The van der Waals surface area contributed by atoms with Crippen LogP contribution in [0, 0.1) is 13.8 Å². The van der Waals surface area contributed by atoms with E-state index in [2.05, 4.69) is 15.3 Å². The number of rotatable bonds is 3. The smallest absolute Gasteiger partial charge is 0.334 e. The van der Waals surface area contributed by atoms with Gasteiger partial charge in [0.05, 0.1) is 28.5 Å². The summed E-state index contributed by atoms with van der Waals surface area (Å²) in [5, 5.41) is 11.8. The number of ether oxygens (including phenoxy) is 1. The summed E-state index contributed by atoms with van der Waals surface area (Å²) in [5.74, 6) is -1.41. The Morgan fingerprint density at radius 3 is 2.61 bits per heavy atom. The van der Waals surface area contributed by atoms with Crippen LogP contribution >= 0.6 is 0 Å². The molecule has 1 fully saturated rings. The Hall–Kier alpha value is -2.54. The van der Waals surface area contributed by atoms with E-state index in [-0.39, 0.29) is 5.91 Å². The molecule has 2 aromatic rings. The molecule has 1 saturated heterocycles. The summed E-state index contributed by atoms with van der Waals surface area (Å²) in [4.78, 5) is 32.3. The predicted octanol–water partition coefficient (Wildman–Crippen LogP) is 1.22. The summed E-state index contributed by atoms with van der Waals surface area (Å²) >= 11 is 0. The van der Waals surface area contributed by atoms with Crippen molar-refractivity contribution in [2.75, 3.05) is 6.61 Å². The molecule has 0 bridgehead atoms. The lowest BCUT2D eigenvalue weighted by atomic mass is 10.1. The van der Waals surface area contributed by atoms with E-state index in [4.69, 9.17) is 9.84 Å². The Kier molecular flexibility index (Phi) is 3.96. The molecular weight excluding hydrogens is 298 g/mol. The number of aryl methyl sites for hydroxylation is 2. The zero-order chi connectivity index (χ0) is 16.6. The number of aromatic nitrogens is 2. The SMILES string of the molecule is Cc1nc2ccc(C(=O)N[C@@H]3CCO[C@@H]3C(=O)O)cc2nc1C. The number of carboxylic acids is 1. The number of amides is 1. The number of carbonyl (C=O) groups excluding carboxylic acids is 1. The molecule has 2 N–H and O–H groups in total. The van der Waals surface area contributed by atoms with Crippen LogP contribution in [0.25, 0.3) is 11.0 Å². The van der Waals surface area contributed by atoms with Crippen LogP contribution in [0.3, 0.4) is 0 Å². The molecule has 1 aliphatic rings. The minimum Gasteiger partial charge on any atom is -0.479 e. The highest BCUT2D eigenvalue weighted by Gasteiger charge is 2.35. The van der Waals surface area contributed by atoms with Crippen molar-refractivity contribution < 1.29 is 19.4 Å². The van der Waals surface area contributed by atoms with Gasteiger partial charge in [0.1, 0.15) is 0 Å². The molecule has 7 nitrogen and oxygen atoms in total. The molecule has 1 aliphatic heterocycles. The summed E-state index contributed by atoms with van der Waals surface area (Å²) in [6.07, 6.45) is -0.516. The molecule has 120 valence electrons. The summed E-state index contributed by atoms with van der Waals surface area (Å²) in [7, 11) is 0. The van der Waals surface area contributed by atoms with E-state index in [1.807, 2.05) is 13.8 Å². The number of nitrogens with one attached hydrogen (secondary N) is 1. The van der Waals surface area contributed by atoms with Crippen LogP contribution in [0.15, 0.2) is 18.2 Å². The first kappa shape index (κ1) is 15.4. The second-order valence-corrected chi connectivity index (χ2v) is 5.60. The number of hydrogen-bond donors (Lipinski definition) is 2. The van der Waals surface area contributed by atoms with Crippen LogP contribution in [0.2, 0.25) is 0 Å². The molecule has 7 heteroatoms. The molecule has 0 spiro atoms. The number of aliphatic carboxylic acids is 1. The van der Waals surface area contributed by atoms with Crippen molar-refractivity contribution in [3.8, 4) is 0 Å². The van der Waals surface area contributed by atoms with Crippen molar-refractivity contribution >= 4 is 22.9 Å². The van der Waals surface area contributed by atoms with E-state index in [1.54, 1.807) is 18.2 Å². The summed E-state index contributed by atoms with van der Waals surface area (Å²) in [5.41, 5.74) is 3.44. The number of fused-ring (bicyclic) bond motifs is 1. The summed E-state index contributed by atoms with van der Waals surface area (Å²) in [6, 6.07) is 4.54. The van der Waals surface area contributed by atoms with Crippen LogP contribution < -0.4 is 5.32 Å². The van der Waals surface area contributed by atoms with E-state index >= 15 is 0 Å². The van der Waals surface area contributed by atoms with Gasteiger partial charge in [-0.1, -0.05) is 0 Å². The Bertz CT molecular complexity index is 790. The second kappa shape index (κ2) is 5.92. The third-order valence-electron chi connectivity index (χ3n) is 3.99. The van der Waals surface area contributed by atoms with Gasteiger partial charge in [0.2, 0.25) is 0 Å². The third-order valence-corrected chi connectivity index (χ3v) is 3.99. The third kappa shape index (κ3) is 3.00. The predicted molar refractivity (Wildman–Crippen MR) is 82.3 cm³/mol. The van der Waals surface area contributed by atoms with Crippen molar-refractivity contribution in [2.24, 2.45) is 0 Å². The normalized spacial score (nSPS) is 20.6. The number of carboxylic acid groups (broad SMARTS) is 1. The Morgan fingerprint density at radius 1 is 1.22 bits per heavy atom. The molecule has 23 heavy (non-hydrogen) atoms. The van der Waals surface area contributed by atoms with E-state index in [9.17, 15) is 9.59 Å². The molecule has 2 heterocycles. The second-order valence-electron chi connectivity index (χ2n) is 5.60. The fraction of sp³-hybridized carbons (Fsp3) is 0.375. The van der Waals surface area contributed by atoms with Gasteiger partial charge < -0.3 is 15.2 Å². The standard InChI is InChI=1S/C16H17N3O4/c1-8-9(2)18-13-7-10(3-4-11(13)17-8)15(20)19-12-5-6-23-14(12)16(21)22/h3-4,7,12,14H,5-6H2,1-2H3,(H,19,20)(H,21,22)/t12-,14+/m1/s1. The van der Waals surface area contributed by atoms with Crippen LogP contribution in [-0.2, 0) is 9.53 Å². The molecule has 1 amide bonds. The van der Waals surface area contributed by atoms with Crippen molar-refractivity contribution in [1.29, 1.82) is 0 Å². The van der Waals surface area contributed by atoms with E-state index in [0.717, 1.165) is 16.9 Å². The highest BCUT2D eigenvalue weighted by molar-refractivity contribution is 5.97. The number of benzene rings is 1. The van der Waals surface area contributed by atoms with Gasteiger partial charge in [0.25, 0.3) is 5.91 Å². The van der Waals surface area contributed by atoms with E-state index in [0.29, 0.717) is 24.1 Å². The van der Waals surface area contributed by atoms with Crippen LogP contribution in [0.1, 0.15) is 28.2 Å². The van der Waals surface area contributed by atoms with Gasteiger partial charge in [-0.05, 0) is 38.5 Å². The Morgan fingerprint density at radius 2 is 1.91 bits per heavy atom. The fourth-order valence-corrected chi connectivity index (χ4v) is 2.60. The Labute approximate surface area is 132 Å². The average molecular weight is 315 g/mol. The number of nitrogens with zero attached hydrogens (tertiary/aromatic N) is 2. The zero-order valence-electron chi connectivity index (χ0n) is 12.9. The lowest BCUT2D eigenvalue weighted by molar-refractivity contribution is -0.148. The molecule has 0 saturated carbocycles. The van der Waals surface area contributed by atoms with Crippen LogP contribution in [0.5, 0.6) is 0 Å². The quantitative estimate of drug-likeness (QED) is 0.883. The number of hydrogen-bond acceptors (Lipinski definition) is 5. The maximum atomic E-state index is 12.4. The van der Waals surface area contributed by atoms with Gasteiger partial charge in [-0.2, -0.15) is 0 Å². The topological polar surface area (TPSA) is 101 Å². The average Bonchev–Trinajstić information content (AvgIpc) is 2.96. The summed E-state index contributed by atoms with van der Waals surface area (Å²) < 4.78 is 5.13. The monoisotopic (exact) mass is 315 g/mol. The maximum Gasteiger partial charge on any atom is 0.334 e. The Balaban J connectivity index is 1.83. The van der Waals surface area contributed by atoms with Crippen molar-refractivity contribution in [2.45, 2.75) is 32.4 Å². The maximum absolute atomic E-state index is 12.4. The van der Waals surface area contributed by atoms with Gasteiger partial charge in [-0.3, -0.25) is 4.79 Å². The first-order chi connectivity index (χ1) is 11.0. The molecule has 3 rings (SSSR count). The largest absolute Gasteiger partial charge is 0.479 e. The molecule has 1 aromatic heterocycles. The van der Waals surface area contributed by atoms with Crippen molar-refractivity contribution in [3.63, 3.8) is 0 Å². The van der Waals surface area contributed by atoms with Gasteiger partial charge in [0.15, 0.2) is 6.10 Å². The minimum absolute atomic E-state index is 0.323. The van der Waals surface area contributed by atoms with Crippen molar-refractivity contribution in [3.05, 3.63) is 35.2 Å². The lowest BCUT2D eigenvalue weighted by Gasteiger charge is -2.16. The first-order valence-electron chi connectivity index (χ1n) is 7.36. The fourth-order valence-electron chi connectivity index (χ4n) is 2.60. The van der Waals surface area contributed by atoms with Gasteiger partial charge in [0, 0.05) is 12.2 Å². The molecular formula is C16H17N3O4. The molecule has 0 radical (unpaired) electrons. The summed E-state index contributed by atoms with van der Waals surface area (Å²) in [6.45, 7) is 4.07. The molecule has 1 aromatic carbocycles. The highest BCUT2D eigenvalue weighted by Crippen LogP contribution is 2.17. The number of carbonyl (C=O) groups is 2. The van der Waals surface area contributed by atoms with Crippen LogP contribution in [0.4, 0.5) is 0 Å². The lowest BCUT2D eigenvalue weighted by Crippen LogP contribution is -2.44. The van der Waals surface area contributed by atoms with Crippen molar-refractivity contribution in [1.82, 2.24) is 15.3 Å².